The van der Waals surface area contributed by atoms with Gasteiger partial charge in [0.15, 0.2) is 0 Å². The molecule has 0 aliphatic rings. The minimum atomic E-state index is -4.07. The van der Waals surface area contributed by atoms with Crippen LogP contribution in [0.3, 0.4) is 0 Å². The summed E-state index contributed by atoms with van der Waals surface area (Å²) in [5.74, 6) is 4.11. The Morgan fingerprint density at radius 2 is 2.14 bits per heavy atom. The van der Waals surface area contributed by atoms with Crippen LogP contribution in [0, 0.1) is 10.7 Å². The van der Waals surface area contributed by atoms with Crippen LogP contribution in [0.15, 0.2) is 0 Å². The SMILES string of the molecule is N#CS(=O)(=O)ON. The van der Waals surface area contributed by atoms with E-state index >= 15 is 0 Å². The van der Waals surface area contributed by atoms with Crippen LogP contribution in [0.4, 0.5) is 0 Å². The van der Waals surface area contributed by atoms with Crippen LogP contribution < -0.4 is 5.90 Å². The van der Waals surface area contributed by atoms with Crippen molar-refractivity contribution in [3.63, 3.8) is 0 Å². The first kappa shape index (κ1) is 6.36. The van der Waals surface area contributed by atoms with E-state index in [-0.39, 0.29) is 0 Å². The van der Waals surface area contributed by atoms with Gasteiger partial charge in [-0.25, -0.2) is 0 Å². The second-order valence-corrected chi connectivity index (χ2v) is 1.92. The van der Waals surface area contributed by atoms with Gasteiger partial charge in [0.05, 0.1) is 0 Å². The predicted molar refractivity (Wildman–Crippen MR) is 19.8 cm³/mol. The van der Waals surface area contributed by atoms with Gasteiger partial charge in [0.1, 0.15) is 0 Å². The number of hydrogen-bond donors (Lipinski definition) is 1. The molecule has 0 heterocycles. The molecule has 5 nitrogen and oxygen atoms in total. The summed E-state index contributed by atoms with van der Waals surface area (Å²) in [4.78, 5) is 0. The highest BCUT2D eigenvalue weighted by Crippen LogP contribution is 1.78. The van der Waals surface area contributed by atoms with Gasteiger partial charge in [-0.05, 0) is 0 Å². The molecular formula is CH2N2O3S. The standard InChI is InChI=1S/CH2N2O3S/c2-1-7(4,5)6-3/h3H2. The molecule has 0 rings (SSSR count). The van der Waals surface area contributed by atoms with E-state index in [4.69, 9.17) is 5.26 Å². The number of hydrogen-bond acceptors (Lipinski definition) is 5. The van der Waals surface area contributed by atoms with E-state index in [0.29, 0.717) is 0 Å². The number of nitrogens with zero attached hydrogens (tertiary/aromatic N) is 1. The van der Waals surface area contributed by atoms with Crippen LogP contribution in [0.5, 0.6) is 0 Å². The van der Waals surface area contributed by atoms with Gasteiger partial charge in [0.25, 0.3) is 0 Å². The van der Waals surface area contributed by atoms with Gasteiger partial charge in [0, 0.05) is 0 Å². The minimum Gasteiger partial charge on any atom is -0.197 e. The number of nitrogens with two attached hydrogens (primary N) is 1. The van der Waals surface area contributed by atoms with E-state index in [1.807, 2.05) is 0 Å². The van der Waals surface area contributed by atoms with Gasteiger partial charge >= 0.3 is 10.1 Å². The Labute approximate surface area is 40.4 Å². The first-order chi connectivity index (χ1) is 3.12. The highest BCUT2D eigenvalue weighted by molar-refractivity contribution is 7.91. The van der Waals surface area contributed by atoms with Gasteiger partial charge in [-0.3, -0.25) is 0 Å². The maximum atomic E-state index is 9.66. The molecular weight excluding hydrogens is 120 g/mol. The number of rotatable bonds is 1. The van der Waals surface area contributed by atoms with E-state index in [2.05, 4.69) is 10.2 Å². The van der Waals surface area contributed by atoms with Crippen molar-refractivity contribution in [2.45, 2.75) is 0 Å². The fraction of sp³-hybridized carbons (Fsp3) is 0. The Hall–Kier alpha value is -0.640. The molecule has 0 bridgehead atoms. The summed E-state index contributed by atoms with van der Waals surface area (Å²) in [5, 5.41) is 8.37. The largest absolute Gasteiger partial charge is 0.378 e. The molecule has 0 radical (unpaired) electrons. The first-order valence-corrected chi connectivity index (χ1v) is 2.57. The van der Waals surface area contributed by atoms with Crippen molar-refractivity contribution in [3.8, 4) is 5.40 Å². The van der Waals surface area contributed by atoms with Crippen molar-refractivity contribution in [2.24, 2.45) is 5.90 Å². The highest BCUT2D eigenvalue weighted by atomic mass is 32.2. The molecule has 0 unspecified atom stereocenters. The second kappa shape index (κ2) is 1.88. The third-order valence-electron chi connectivity index (χ3n) is 0.238. The molecule has 0 amide bonds. The van der Waals surface area contributed by atoms with Crippen LogP contribution in [-0.4, -0.2) is 8.42 Å². The molecule has 0 saturated heterocycles. The van der Waals surface area contributed by atoms with E-state index in [9.17, 15) is 8.42 Å². The maximum Gasteiger partial charge on any atom is 0.378 e. The average molecular weight is 122 g/mol. The van der Waals surface area contributed by atoms with Crippen molar-refractivity contribution in [1.82, 2.24) is 0 Å². The predicted octanol–water partition coefficient (Wildman–Crippen LogP) is -1.31. The van der Waals surface area contributed by atoms with E-state index < -0.39 is 10.1 Å². The fourth-order valence-corrected chi connectivity index (χ4v) is 0.0645. The van der Waals surface area contributed by atoms with Crippen molar-refractivity contribution in [3.05, 3.63) is 0 Å². The van der Waals surface area contributed by atoms with Crippen LogP contribution in [0.2, 0.25) is 0 Å². The summed E-state index contributed by atoms with van der Waals surface area (Å²) < 4.78 is 22.5. The first-order valence-electron chi connectivity index (χ1n) is 1.16. The van der Waals surface area contributed by atoms with Crippen molar-refractivity contribution in [2.75, 3.05) is 0 Å². The number of thiocyanates is 1. The molecule has 0 atom stereocenters. The third-order valence-corrected chi connectivity index (χ3v) is 0.715. The average Bonchev–Trinajstić information content (AvgIpc) is 1.68. The smallest absolute Gasteiger partial charge is 0.197 e. The van der Waals surface area contributed by atoms with Gasteiger partial charge in [-0.2, -0.15) is 23.9 Å². The van der Waals surface area contributed by atoms with Gasteiger partial charge in [-0.1, -0.05) is 0 Å². The van der Waals surface area contributed by atoms with Crippen molar-refractivity contribution in [1.29, 1.82) is 5.26 Å². The molecule has 2 N–H and O–H groups in total. The lowest BCUT2D eigenvalue weighted by Crippen LogP contribution is -2.06. The minimum absolute atomic E-state index is 0.816. The van der Waals surface area contributed by atoms with Crippen LogP contribution in [-0.2, 0) is 14.4 Å². The molecule has 0 spiro atoms. The Kier molecular flexibility index (Phi) is 1.71. The van der Waals surface area contributed by atoms with Crippen LogP contribution in [0.1, 0.15) is 0 Å². The molecule has 0 aromatic heterocycles. The molecule has 0 fully saturated rings. The van der Waals surface area contributed by atoms with Crippen molar-refractivity contribution < 1.29 is 12.7 Å². The van der Waals surface area contributed by atoms with E-state index in [1.54, 1.807) is 0 Å². The Bertz CT molecular complexity index is 174. The fourth-order valence-electron chi connectivity index (χ4n) is 0.0215. The lowest BCUT2D eigenvalue weighted by Gasteiger charge is -1.79. The van der Waals surface area contributed by atoms with Gasteiger partial charge in [0.2, 0.25) is 5.40 Å². The van der Waals surface area contributed by atoms with E-state index in [0.717, 1.165) is 5.40 Å². The van der Waals surface area contributed by atoms with Gasteiger partial charge in [-0.15, -0.1) is 0 Å². The van der Waals surface area contributed by atoms with E-state index in [1.165, 1.54) is 0 Å². The second-order valence-electron chi connectivity index (χ2n) is 0.642. The maximum absolute atomic E-state index is 9.66. The molecule has 40 valence electrons. The zero-order valence-corrected chi connectivity index (χ0v) is 3.97. The lowest BCUT2D eigenvalue weighted by atomic mass is 11.8. The Morgan fingerprint density at radius 1 is 1.71 bits per heavy atom. The molecule has 0 saturated carbocycles. The number of nitriles is 1. The highest BCUT2D eigenvalue weighted by Gasteiger charge is 2.02. The lowest BCUT2D eigenvalue weighted by molar-refractivity contribution is 0.340. The molecule has 7 heavy (non-hydrogen) atoms. The third kappa shape index (κ3) is 2.11. The molecule has 0 aliphatic heterocycles. The summed E-state index contributed by atoms with van der Waals surface area (Å²) in [5.41, 5.74) is 0. The Balaban J connectivity index is 4.28. The summed E-state index contributed by atoms with van der Waals surface area (Å²) in [6.07, 6.45) is 0. The summed E-state index contributed by atoms with van der Waals surface area (Å²) in [6.45, 7) is 0. The molecule has 0 aromatic rings. The topological polar surface area (TPSA) is 93.2 Å². The summed E-state index contributed by atoms with van der Waals surface area (Å²) >= 11 is 0. The molecule has 0 aromatic carbocycles. The zero-order valence-electron chi connectivity index (χ0n) is 3.16. The van der Waals surface area contributed by atoms with Crippen LogP contribution >= 0.6 is 0 Å². The van der Waals surface area contributed by atoms with Crippen molar-refractivity contribution >= 4 is 10.1 Å². The molecule has 6 heteroatoms. The zero-order chi connectivity index (χ0) is 5.91. The summed E-state index contributed by atoms with van der Waals surface area (Å²) in [7, 11) is -4.07. The summed E-state index contributed by atoms with van der Waals surface area (Å²) in [6, 6.07) is 0. The Morgan fingerprint density at radius 3 is 2.14 bits per heavy atom. The van der Waals surface area contributed by atoms with Crippen LogP contribution in [0.25, 0.3) is 0 Å². The quantitative estimate of drug-likeness (QED) is 0.264. The van der Waals surface area contributed by atoms with Gasteiger partial charge < -0.3 is 0 Å². The monoisotopic (exact) mass is 122 g/mol. The normalized spacial score (nSPS) is 10.3. The molecule has 0 aliphatic carbocycles.